The number of para-hydroxylation sites is 1. The predicted molar refractivity (Wildman–Crippen MR) is 328 cm³/mol. The first-order chi connectivity index (χ1) is 36.8. The van der Waals surface area contributed by atoms with E-state index in [9.17, 15) is 0 Å². The number of furan rings is 1. The Labute approximate surface area is 453 Å². The van der Waals surface area contributed by atoms with Crippen molar-refractivity contribution in [3.8, 4) is 0 Å². The van der Waals surface area contributed by atoms with Gasteiger partial charge in [0.15, 0.2) is 0 Å². The van der Waals surface area contributed by atoms with Crippen LogP contribution in [0.4, 0.5) is 51.2 Å². The summed E-state index contributed by atoms with van der Waals surface area (Å²) < 4.78 is 8.88. The van der Waals surface area contributed by atoms with E-state index in [1.165, 1.54) is 52.8 Å². The fourth-order valence-electron chi connectivity index (χ4n) is 11.0. The lowest BCUT2D eigenvalue weighted by atomic mass is 9.87. The zero-order valence-corrected chi connectivity index (χ0v) is 45.0. The molecule has 0 aliphatic heterocycles. The van der Waals surface area contributed by atoms with E-state index in [2.05, 4.69) is 275 Å². The van der Waals surface area contributed by atoms with Crippen molar-refractivity contribution in [1.29, 1.82) is 0 Å². The van der Waals surface area contributed by atoms with Crippen molar-refractivity contribution >= 4 is 138 Å². The van der Waals surface area contributed by atoms with Gasteiger partial charge in [0, 0.05) is 70.8 Å². The van der Waals surface area contributed by atoms with Gasteiger partial charge in [0.05, 0.1) is 16.4 Å². The summed E-state index contributed by atoms with van der Waals surface area (Å²) in [5.41, 5.74) is 13.0. The molecule has 0 saturated heterocycles. The standard InChI is InChI=1S/C70H56ClN3OS/c1-69(2,3)47-28-33-49(34-29-47)73(62-21-14-22-63(68(62)71)74(50-35-30-48(31-36-50)70(4,5)6)55-37-39-59-58-20-10-12-24-66(58)76-67(59)44-55)52-17-13-16-51(41-52)72(54-38-40-65-61(43-54)57-19-9-11-23-64(57)75-65)53-32-27-46-26-25-45-15-7-8-18-56(45)60(46)42-53/h7-44H,1-6H3. The molecule has 0 spiro atoms. The monoisotopic (exact) mass is 1020 g/mol. The molecular weight excluding hydrogens is 966 g/mol. The zero-order valence-electron chi connectivity index (χ0n) is 43.5. The van der Waals surface area contributed by atoms with Gasteiger partial charge in [-0.3, -0.25) is 0 Å². The molecule has 2 heterocycles. The minimum absolute atomic E-state index is 0.00682. The second-order valence-electron chi connectivity index (χ2n) is 22.0. The first-order valence-electron chi connectivity index (χ1n) is 26.1. The summed E-state index contributed by atoms with van der Waals surface area (Å²) in [5, 5.41) is 10.1. The molecule has 0 N–H and O–H groups in total. The normalized spacial score (nSPS) is 12.1. The third kappa shape index (κ3) is 8.41. The SMILES string of the molecule is CC(C)(C)c1ccc(N(c2cccc(N(c3ccc4ccc5ccccc5c4c3)c3ccc4oc5ccccc5c4c3)c2)c2cccc(N(c3ccc(C(C)(C)C)cc3)c3ccc4c(c3)sc3ccccc34)c2Cl)cc1. The molecule has 0 radical (unpaired) electrons. The Morgan fingerprint density at radius 2 is 0.789 bits per heavy atom. The van der Waals surface area contributed by atoms with Crippen molar-refractivity contribution in [3.05, 3.63) is 247 Å². The predicted octanol–water partition coefficient (Wildman–Crippen LogP) is 21.9. The highest BCUT2D eigenvalue weighted by Gasteiger charge is 2.26. The molecule has 0 bridgehead atoms. The lowest BCUT2D eigenvalue weighted by Gasteiger charge is -2.32. The summed E-state index contributed by atoms with van der Waals surface area (Å²) in [6.45, 7) is 13.6. The molecule has 4 nitrogen and oxygen atoms in total. The minimum atomic E-state index is -0.0352. The maximum Gasteiger partial charge on any atom is 0.135 e. The van der Waals surface area contributed by atoms with Gasteiger partial charge in [0.25, 0.3) is 0 Å². The maximum atomic E-state index is 8.08. The highest BCUT2D eigenvalue weighted by Crippen LogP contribution is 2.50. The van der Waals surface area contributed by atoms with Crippen LogP contribution in [0.15, 0.2) is 235 Å². The van der Waals surface area contributed by atoms with Crippen molar-refractivity contribution in [3.63, 3.8) is 0 Å². The third-order valence-corrected chi connectivity index (χ3v) is 16.5. The van der Waals surface area contributed by atoms with E-state index >= 15 is 0 Å². The van der Waals surface area contributed by atoms with Gasteiger partial charge in [-0.2, -0.15) is 0 Å². The van der Waals surface area contributed by atoms with Gasteiger partial charge in [0.1, 0.15) is 11.2 Å². The van der Waals surface area contributed by atoms with Crippen molar-refractivity contribution < 1.29 is 4.42 Å². The van der Waals surface area contributed by atoms with Crippen molar-refractivity contribution in [2.24, 2.45) is 0 Å². The van der Waals surface area contributed by atoms with E-state index in [-0.39, 0.29) is 10.8 Å². The number of benzene rings is 11. The lowest BCUT2D eigenvalue weighted by molar-refractivity contribution is 0.590. The summed E-state index contributed by atoms with van der Waals surface area (Å²) in [7, 11) is 0. The Kier molecular flexibility index (Phi) is 11.5. The van der Waals surface area contributed by atoms with Crippen LogP contribution in [0.5, 0.6) is 0 Å². The molecule has 2 aromatic heterocycles. The van der Waals surface area contributed by atoms with Crippen LogP contribution in [0.25, 0.3) is 63.7 Å². The number of anilines is 9. The molecule has 13 rings (SSSR count). The van der Waals surface area contributed by atoms with E-state index in [1.807, 2.05) is 23.5 Å². The minimum Gasteiger partial charge on any atom is -0.456 e. The highest BCUT2D eigenvalue weighted by molar-refractivity contribution is 7.25. The van der Waals surface area contributed by atoms with Gasteiger partial charge >= 0.3 is 0 Å². The van der Waals surface area contributed by atoms with Crippen LogP contribution in [0.3, 0.4) is 0 Å². The Hall–Kier alpha value is -8.35. The summed E-state index contributed by atoms with van der Waals surface area (Å²) in [4.78, 5) is 7.01. The maximum absolute atomic E-state index is 8.08. The fourth-order valence-corrected chi connectivity index (χ4v) is 12.4. The van der Waals surface area contributed by atoms with Gasteiger partial charge in [-0.1, -0.05) is 174 Å². The average Bonchev–Trinajstić information content (AvgIpc) is 4.05. The van der Waals surface area contributed by atoms with Crippen LogP contribution >= 0.6 is 22.9 Å². The molecule has 76 heavy (non-hydrogen) atoms. The second-order valence-corrected chi connectivity index (χ2v) is 23.4. The molecule has 370 valence electrons. The Balaban J connectivity index is 1.01. The van der Waals surface area contributed by atoms with Gasteiger partial charge < -0.3 is 19.1 Å². The quantitative estimate of drug-likeness (QED) is 0.134. The van der Waals surface area contributed by atoms with Gasteiger partial charge in [-0.15, -0.1) is 11.3 Å². The average molecular weight is 1020 g/mol. The number of thiophene rings is 1. The number of hydrogen-bond acceptors (Lipinski definition) is 5. The van der Waals surface area contributed by atoms with Gasteiger partial charge in [-0.05, 0) is 153 Å². The first kappa shape index (κ1) is 47.4. The second kappa shape index (κ2) is 18.5. The number of fused-ring (bicyclic) bond motifs is 9. The molecule has 0 aliphatic rings. The summed E-state index contributed by atoms with van der Waals surface area (Å²) in [6, 6.07) is 83.5. The Morgan fingerprint density at radius 3 is 1.46 bits per heavy atom. The molecule has 0 saturated carbocycles. The number of hydrogen-bond donors (Lipinski definition) is 0. The summed E-state index contributed by atoms with van der Waals surface area (Å²) in [6.07, 6.45) is 0. The van der Waals surface area contributed by atoms with Crippen molar-refractivity contribution in [2.45, 2.75) is 52.4 Å². The Morgan fingerprint density at radius 1 is 0.329 bits per heavy atom. The number of halogens is 1. The molecule has 0 fully saturated rings. The van der Waals surface area contributed by atoms with Crippen LogP contribution < -0.4 is 14.7 Å². The van der Waals surface area contributed by atoms with Crippen LogP contribution in [0, 0.1) is 0 Å². The molecular formula is C70H56ClN3OS. The van der Waals surface area contributed by atoms with E-state index < -0.39 is 0 Å². The van der Waals surface area contributed by atoms with Gasteiger partial charge in [0.2, 0.25) is 0 Å². The van der Waals surface area contributed by atoms with Crippen LogP contribution in [0.1, 0.15) is 52.7 Å². The van der Waals surface area contributed by atoms with E-state index in [1.54, 1.807) is 0 Å². The van der Waals surface area contributed by atoms with E-state index in [4.69, 9.17) is 16.0 Å². The van der Waals surface area contributed by atoms with Crippen LogP contribution in [-0.2, 0) is 10.8 Å². The smallest absolute Gasteiger partial charge is 0.135 e. The fraction of sp³-hybridized carbons (Fsp3) is 0.114. The molecule has 6 heteroatoms. The van der Waals surface area contributed by atoms with Crippen molar-refractivity contribution in [1.82, 2.24) is 0 Å². The third-order valence-electron chi connectivity index (χ3n) is 15.0. The molecule has 0 unspecified atom stereocenters. The zero-order chi connectivity index (χ0) is 51.9. The molecule has 0 atom stereocenters. The highest BCUT2D eigenvalue weighted by atomic mass is 35.5. The molecule has 0 amide bonds. The summed E-state index contributed by atoms with van der Waals surface area (Å²) >= 11 is 9.90. The van der Waals surface area contributed by atoms with E-state index in [0.717, 1.165) is 73.1 Å². The van der Waals surface area contributed by atoms with Crippen molar-refractivity contribution in [2.75, 3.05) is 14.7 Å². The van der Waals surface area contributed by atoms with Crippen LogP contribution in [0.2, 0.25) is 5.02 Å². The number of rotatable bonds is 9. The molecule has 0 aliphatic carbocycles. The van der Waals surface area contributed by atoms with Gasteiger partial charge in [-0.25, -0.2) is 0 Å². The molecule has 13 aromatic rings. The van der Waals surface area contributed by atoms with Crippen LogP contribution in [-0.4, -0.2) is 0 Å². The Bertz CT molecular complexity index is 4350. The summed E-state index contributed by atoms with van der Waals surface area (Å²) in [5.74, 6) is 0. The largest absolute Gasteiger partial charge is 0.456 e. The lowest BCUT2D eigenvalue weighted by Crippen LogP contribution is -2.16. The first-order valence-corrected chi connectivity index (χ1v) is 27.3. The number of nitrogens with zero attached hydrogens (tertiary/aromatic N) is 3. The molecule has 11 aromatic carbocycles. The van der Waals surface area contributed by atoms with E-state index in [0.29, 0.717) is 5.02 Å². The topological polar surface area (TPSA) is 22.9 Å².